The highest BCUT2D eigenvalue weighted by atomic mass is 79.9. The molecule has 2 N–H and O–H groups in total. The SMILES string of the molecule is CC[C@H](C)[C@H](CO)N1C(=O)[C@H]2[C@@H]3C(=O)N[C@H](c4ccccc4)COC(=O)CC/C=C\CN(c4c(C)cccc4Cl)C(=O)[C@H]1[C@@]21C=C(Br)[C@@H]3O1. The summed E-state index contributed by atoms with van der Waals surface area (Å²) in [6.45, 7) is 5.33. The number of likely N-dealkylation sites (tertiary alicyclic amines) is 1. The van der Waals surface area contributed by atoms with Crippen LogP contribution in [0.1, 0.15) is 50.3 Å². The molecule has 0 aromatic heterocycles. The lowest BCUT2D eigenvalue weighted by Crippen LogP contribution is -2.59. The summed E-state index contributed by atoms with van der Waals surface area (Å²) in [5.74, 6) is -4.06. The van der Waals surface area contributed by atoms with E-state index in [1.165, 1.54) is 9.80 Å². The summed E-state index contributed by atoms with van der Waals surface area (Å²) < 4.78 is 12.9. The molecule has 0 aliphatic carbocycles. The zero-order valence-corrected chi connectivity index (χ0v) is 30.0. The predicted octanol–water partition coefficient (Wildman–Crippen LogP) is 5.01. The number of aliphatic hydroxyl groups is 1. The summed E-state index contributed by atoms with van der Waals surface area (Å²) in [5.41, 5.74) is 0.431. The monoisotopic (exact) mass is 753 g/mol. The van der Waals surface area contributed by atoms with Crippen LogP contribution in [0.25, 0.3) is 0 Å². The third-order valence-corrected chi connectivity index (χ3v) is 11.4. The molecule has 260 valence electrons. The number of halogens is 2. The van der Waals surface area contributed by atoms with E-state index in [1.807, 2.05) is 57.2 Å². The molecule has 2 fully saturated rings. The summed E-state index contributed by atoms with van der Waals surface area (Å²) in [5, 5.41) is 14.2. The Labute approximate surface area is 299 Å². The van der Waals surface area contributed by atoms with E-state index < -0.39 is 65.4 Å². The van der Waals surface area contributed by atoms with Crippen LogP contribution in [0.5, 0.6) is 0 Å². The fourth-order valence-electron chi connectivity index (χ4n) is 7.73. The number of anilines is 1. The molecule has 0 radical (unpaired) electrons. The molecular formula is C37H41BrClN3O7. The number of carbonyl (C=O) groups is 4. The van der Waals surface area contributed by atoms with Crippen LogP contribution in [-0.2, 0) is 28.7 Å². The number of hydrogen-bond donors (Lipinski definition) is 2. The van der Waals surface area contributed by atoms with Crippen molar-refractivity contribution in [2.75, 3.05) is 24.7 Å². The van der Waals surface area contributed by atoms with Gasteiger partial charge in [0.25, 0.3) is 5.91 Å². The standard InChI is InChI=1S/C37H41BrClN3O7/c1-4-21(2)27(19-43)42-33-36(47)41(31-22(3)12-11-15-25(31)39)17-10-6-9-16-28(44)48-20-26(23-13-7-5-8-14-23)40-34(45)29-30(35(42)46)37(33)18-24(38)32(29)49-37/h5-8,10-15,18,21,26-27,29-30,32-33,43H,4,9,16-17,19-20H2,1-3H3,(H,40,45)/b10-6-/t21-,26-,27-,29-,30+,32-,33-,37+/m0/s1. The summed E-state index contributed by atoms with van der Waals surface area (Å²) in [6.07, 6.45) is 5.61. The Morgan fingerprint density at radius 3 is 2.53 bits per heavy atom. The fourth-order valence-corrected chi connectivity index (χ4v) is 8.79. The van der Waals surface area contributed by atoms with Crippen LogP contribution < -0.4 is 10.2 Å². The quantitative estimate of drug-likeness (QED) is 0.314. The summed E-state index contributed by atoms with van der Waals surface area (Å²) in [6, 6.07) is 11.9. The Hall–Kier alpha value is -3.51. The molecule has 2 saturated heterocycles. The highest BCUT2D eigenvalue weighted by Gasteiger charge is 2.75. The summed E-state index contributed by atoms with van der Waals surface area (Å²) >= 11 is 10.4. The number of aliphatic hydroxyl groups excluding tert-OH is 1. The number of rotatable bonds is 6. The molecule has 0 saturated carbocycles. The first-order valence-corrected chi connectivity index (χ1v) is 17.9. The van der Waals surface area contributed by atoms with Crippen molar-refractivity contribution >= 4 is 56.9 Å². The molecule has 4 heterocycles. The maximum Gasteiger partial charge on any atom is 0.306 e. The number of esters is 1. The molecule has 4 aliphatic rings. The Bertz CT molecular complexity index is 1660. The van der Waals surface area contributed by atoms with Crippen LogP contribution in [0.3, 0.4) is 0 Å². The van der Waals surface area contributed by atoms with Crippen molar-refractivity contribution in [3.63, 3.8) is 0 Å². The van der Waals surface area contributed by atoms with Gasteiger partial charge in [0.1, 0.15) is 24.4 Å². The second-order valence-electron chi connectivity index (χ2n) is 13.2. The maximum absolute atomic E-state index is 15.2. The third kappa shape index (κ3) is 6.24. The molecule has 4 aliphatic heterocycles. The van der Waals surface area contributed by atoms with E-state index in [9.17, 15) is 19.5 Å². The predicted molar refractivity (Wildman–Crippen MR) is 188 cm³/mol. The zero-order valence-electron chi connectivity index (χ0n) is 27.7. The smallest absolute Gasteiger partial charge is 0.306 e. The molecule has 5 bridgehead atoms. The van der Waals surface area contributed by atoms with Crippen molar-refractivity contribution in [2.24, 2.45) is 17.8 Å². The Balaban J connectivity index is 1.52. The van der Waals surface area contributed by atoms with Crippen molar-refractivity contribution in [2.45, 2.75) is 69.9 Å². The maximum atomic E-state index is 15.2. The molecular weight excluding hydrogens is 714 g/mol. The first-order chi connectivity index (χ1) is 23.5. The average molecular weight is 755 g/mol. The van der Waals surface area contributed by atoms with Gasteiger partial charge in [-0.3, -0.25) is 19.2 Å². The molecule has 49 heavy (non-hydrogen) atoms. The first-order valence-electron chi connectivity index (χ1n) is 16.8. The Kier molecular flexibility index (Phi) is 10.4. The van der Waals surface area contributed by atoms with Gasteiger partial charge in [-0.2, -0.15) is 0 Å². The van der Waals surface area contributed by atoms with Gasteiger partial charge >= 0.3 is 5.97 Å². The van der Waals surface area contributed by atoms with Crippen molar-refractivity contribution in [3.8, 4) is 0 Å². The number of ether oxygens (including phenoxy) is 2. The van der Waals surface area contributed by atoms with E-state index in [0.29, 0.717) is 28.0 Å². The normalized spacial score (nSPS) is 30.8. The summed E-state index contributed by atoms with van der Waals surface area (Å²) in [7, 11) is 0. The summed E-state index contributed by atoms with van der Waals surface area (Å²) in [4.78, 5) is 60.3. The second kappa shape index (κ2) is 14.4. The van der Waals surface area contributed by atoms with Crippen molar-refractivity contribution in [1.29, 1.82) is 0 Å². The Morgan fingerprint density at radius 2 is 1.84 bits per heavy atom. The number of cyclic esters (lactones) is 1. The number of fused-ring (bicyclic) bond motifs is 2. The van der Waals surface area contributed by atoms with E-state index in [2.05, 4.69) is 21.2 Å². The lowest BCUT2D eigenvalue weighted by molar-refractivity contribution is -0.147. The molecule has 6 rings (SSSR count). The minimum absolute atomic E-state index is 0.0825. The van der Waals surface area contributed by atoms with Gasteiger partial charge in [-0.05, 0) is 42.5 Å². The zero-order chi connectivity index (χ0) is 35.0. The lowest BCUT2D eigenvalue weighted by atomic mass is 9.74. The molecule has 8 atom stereocenters. The van der Waals surface area contributed by atoms with Crippen LogP contribution >= 0.6 is 27.5 Å². The van der Waals surface area contributed by atoms with Crippen LogP contribution in [0, 0.1) is 24.7 Å². The number of benzene rings is 2. The van der Waals surface area contributed by atoms with Crippen LogP contribution in [0.15, 0.2) is 71.2 Å². The molecule has 2 aromatic carbocycles. The van der Waals surface area contributed by atoms with Gasteiger partial charge in [0, 0.05) is 17.4 Å². The fraction of sp³-hybridized carbons (Fsp3) is 0.459. The highest BCUT2D eigenvalue weighted by Crippen LogP contribution is 2.59. The van der Waals surface area contributed by atoms with Crippen molar-refractivity contribution in [1.82, 2.24) is 10.2 Å². The van der Waals surface area contributed by atoms with Crippen LogP contribution in [-0.4, -0.2) is 77.2 Å². The van der Waals surface area contributed by atoms with Gasteiger partial charge in [-0.1, -0.05) is 102 Å². The van der Waals surface area contributed by atoms with Gasteiger partial charge < -0.3 is 29.7 Å². The minimum atomic E-state index is -1.51. The van der Waals surface area contributed by atoms with E-state index in [-0.39, 0.29) is 32.1 Å². The lowest BCUT2D eigenvalue weighted by Gasteiger charge is -2.40. The topological polar surface area (TPSA) is 125 Å². The van der Waals surface area contributed by atoms with E-state index in [1.54, 1.807) is 30.4 Å². The number of allylic oxidation sites excluding steroid dienone is 1. The third-order valence-electron chi connectivity index (χ3n) is 10.4. The van der Waals surface area contributed by atoms with Crippen molar-refractivity contribution < 1.29 is 33.8 Å². The van der Waals surface area contributed by atoms with Gasteiger partial charge in [0.15, 0.2) is 0 Å². The highest BCUT2D eigenvalue weighted by molar-refractivity contribution is 9.11. The number of hydrogen-bond acceptors (Lipinski definition) is 7. The van der Waals surface area contributed by atoms with Crippen LogP contribution in [0.2, 0.25) is 5.02 Å². The van der Waals surface area contributed by atoms with Crippen molar-refractivity contribution in [3.05, 3.63) is 87.4 Å². The number of nitrogens with zero attached hydrogens (tertiary/aromatic N) is 2. The average Bonchev–Trinajstić information content (AvgIpc) is 3.68. The largest absolute Gasteiger partial charge is 0.463 e. The van der Waals surface area contributed by atoms with Gasteiger partial charge in [0.2, 0.25) is 11.8 Å². The molecule has 12 heteroatoms. The number of carbonyl (C=O) groups excluding carboxylic acids is 4. The first kappa shape index (κ1) is 35.3. The van der Waals surface area contributed by atoms with E-state index >= 15 is 4.79 Å². The second-order valence-corrected chi connectivity index (χ2v) is 14.6. The minimum Gasteiger partial charge on any atom is -0.463 e. The van der Waals surface area contributed by atoms with Crippen LogP contribution in [0.4, 0.5) is 5.69 Å². The van der Waals surface area contributed by atoms with Gasteiger partial charge in [0.05, 0.1) is 41.2 Å². The van der Waals surface area contributed by atoms with E-state index in [4.69, 9.17) is 21.1 Å². The van der Waals surface area contributed by atoms with Gasteiger partial charge in [-0.25, -0.2) is 0 Å². The molecule has 1 spiro atoms. The molecule has 10 nitrogen and oxygen atoms in total. The van der Waals surface area contributed by atoms with Gasteiger partial charge in [-0.15, -0.1) is 0 Å². The number of aryl methyl sites for hydroxylation is 1. The molecule has 3 amide bonds. The Morgan fingerprint density at radius 1 is 1.08 bits per heavy atom. The number of nitrogens with one attached hydrogen (secondary N) is 1. The number of amides is 3. The molecule has 2 aromatic rings. The molecule has 0 unspecified atom stereocenters. The van der Waals surface area contributed by atoms with E-state index in [0.717, 1.165) is 11.1 Å². The number of para-hydroxylation sites is 1.